The molecule has 0 aliphatic carbocycles. The first-order valence-electron chi connectivity index (χ1n) is 21.1. The monoisotopic (exact) mass is 845 g/mol. The van der Waals surface area contributed by atoms with Crippen LogP contribution in [-0.2, 0) is 16.6 Å². The zero-order valence-corrected chi connectivity index (χ0v) is 35.2. The van der Waals surface area contributed by atoms with E-state index in [2.05, 4.69) is 30.7 Å². The number of rotatable bonds is 7. The fourth-order valence-electron chi connectivity index (χ4n) is 9.71. The fraction of sp³-hybridized carbons (Fsp3) is 0.400. The van der Waals surface area contributed by atoms with Gasteiger partial charge in [0.1, 0.15) is 22.5 Å². The quantitative estimate of drug-likeness (QED) is 0.177. The number of benzene rings is 3. The minimum Gasteiger partial charge on any atom is -0.495 e. The van der Waals surface area contributed by atoms with Crippen LogP contribution in [0.1, 0.15) is 48.3 Å². The summed E-state index contributed by atoms with van der Waals surface area (Å²) in [6.45, 7) is 8.65. The van der Waals surface area contributed by atoms with Gasteiger partial charge in [0.15, 0.2) is 0 Å². The fourth-order valence-corrected chi connectivity index (χ4v) is 10.8. The number of anilines is 3. The van der Waals surface area contributed by atoms with E-state index in [9.17, 15) is 19.2 Å². The van der Waals surface area contributed by atoms with E-state index < -0.39 is 11.9 Å². The van der Waals surface area contributed by atoms with Gasteiger partial charge < -0.3 is 25.2 Å². The summed E-state index contributed by atoms with van der Waals surface area (Å²) < 4.78 is 26.1. The summed E-state index contributed by atoms with van der Waals surface area (Å²) in [5, 5.41) is 10.7. The highest BCUT2D eigenvalue weighted by Crippen LogP contribution is 2.42. The van der Waals surface area contributed by atoms with Gasteiger partial charge >= 0.3 is 5.69 Å². The Morgan fingerprint density at radius 2 is 1.70 bits per heavy atom. The van der Waals surface area contributed by atoms with Gasteiger partial charge in [-0.3, -0.25) is 33.7 Å². The van der Waals surface area contributed by atoms with Crippen LogP contribution in [0, 0.1) is 11.7 Å². The largest absolute Gasteiger partial charge is 0.495 e. The van der Waals surface area contributed by atoms with Crippen LogP contribution in [0.3, 0.4) is 0 Å². The van der Waals surface area contributed by atoms with Crippen LogP contribution in [0.5, 0.6) is 5.75 Å². The highest BCUT2D eigenvalue weighted by Gasteiger charge is 2.32. The predicted molar refractivity (Wildman–Crippen MR) is 237 cm³/mol. The van der Waals surface area contributed by atoms with Gasteiger partial charge in [-0.05, 0) is 80.6 Å². The standard InChI is InChI=1S/C45H48FN9O5S/c1-25-23-47-41-40-28-5-6-32(49-31(28)7-10-38(40)61-42(41)44(58)48-25)29-21-37(60-3)36(22-30(29)46)54-18-16-52(17-19-54)24-26-12-14-53(15-13-26)27-4-8-33-35(20-27)51(2)45(59)55(33)34-9-11-39(56)50-43(34)57/h4-8,10,20-22,25-26,34,47H,9,11-19,23-24H2,1-3H3,(H,48,58)(H,50,56,57)/t25-,34?/m1/s1. The Hall–Kier alpha value is -6.00. The zero-order valence-electron chi connectivity index (χ0n) is 34.4. The molecule has 3 aromatic carbocycles. The summed E-state index contributed by atoms with van der Waals surface area (Å²) in [6, 6.07) is 16.4. The number of hydrogen-bond acceptors (Lipinski definition) is 11. The number of aromatic nitrogens is 3. The first-order chi connectivity index (χ1) is 29.5. The maximum absolute atomic E-state index is 16.1. The molecule has 0 spiro atoms. The van der Waals surface area contributed by atoms with Crippen LogP contribution >= 0.6 is 11.3 Å². The van der Waals surface area contributed by atoms with Crippen molar-refractivity contribution >= 4 is 78.1 Å². The average molecular weight is 846 g/mol. The second-order valence-corrected chi connectivity index (χ2v) is 17.9. The molecule has 7 heterocycles. The molecule has 3 N–H and O–H groups in total. The Morgan fingerprint density at radius 3 is 2.48 bits per heavy atom. The maximum Gasteiger partial charge on any atom is 0.329 e. The minimum atomic E-state index is -0.703. The van der Waals surface area contributed by atoms with Crippen LogP contribution in [-0.4, -0.2) is 102 Å². The number of thiophene rings is 1. The van der Waals surface area contributed by atoms with Crippen molar-refractivity contribution < 1.29 is 23.5 Å². The topological polar surface area (TPSA) is 146 Å². The van der Waals surface area contributed by atoms with Crippen LogP contribution in [0.4, 0.5) is 21.5 Å². The smallest absolute Gasteiger partial charge is 0.329 e. The van der Waals surface area contributed by atoms with Crippen LogP contribution < -0.4 is 36.2 Å². The van der Waals surface area contributed by atoms with E-state index in [1.54, 1.807) is 30.9 Å². The number of imidazole rings is 1. The van der Waals surface area contributed by atoms with Gasteiger partial charge in [0, 0.05) is 105 Å². The van der Waals surface area contributed by atoms with Crippen molar-refractivity contribution in [2.75, 3.05) is 74.6 Å². The van der Waals surface area contributed by atoms with Crippen molar-refractivity contribution in [3.63, 3.8) is 0 Å². The molecule has 0 saturated carbocycles. The number of piperazine rings is 1. The molecule has 6 aromatic rings. The van der Waals surface area contributed by atoms with E-state index in [0.717, 1.165) is 102 Å². The Kier molecular flexibility index (Phi) is 9.93. The third kappa shape index (κ3) is 6.94. The number of nitrogens with one attached hydrogen (secondary N) is 3. The van der Waals surface area contributed by atoms with Crippen molar-refractivity contribution in [2.24, 2.45) is 13.0 Å². The molecule has 16 heteroatoms. The van der Waals surface area contributed by atoms with Crippen LogP contribution in [0.15, 0.2) is 59.4 Å². The summed E-state index contributed by atoms with van der Waals surface area (Å²) in [4.78, 5) is 63.2. The third-order valence-electron chi connectivity index (χ3n) is 13.0. The normalized spacial score (nSPS) is 20.5. The summed E-state index contributed by atoms with van der Waals surface area (Å²) in [6.07, 6.45) is 2.61. The highest BCUT2D eigenvalue weighted by atomic mass is 32.1. The minimum absolute atomic E-state index is 0.00918. The number of aryl methyl sites for hydroxylation is 1. The number of methoxy groups -OCH3 is 1. The van der Waals surface area contributed by atoms with Gasteiger partial charge in [0.05, 0.1) is 40.7 Å². The van der Waals surface area contributed by atoms with Gasteiger partial charge in [0.25, 0.3) is 5.91 Å². The highest BCUT2D eigenvalue weighted by molar-refractivity contribution is 7.21. The second kappa shape index (κ2) is 15.5. The number of halogens is 1. The summed E-state index contributed by atoms with van der Waals surface area (Å²) in [7, 11) is 3.35. The second-order valence-electron chi connectivity index (χ2n) is 16.8. The van der Waals surface area contributed by atoms with Gasteiger partial charge in [-0.1, -0.05) is 0 Å². The van der Waals surface area contributed by atoms with E-state index in [1.165, 1.54) is 15.9 Å². The molecule has 3 amide bonds. The molecule has 3 aromatic heterocycles. The summed E-state index contributed by atoms with van der Waals surface area (Å²) in [5.41, 5.74) is 5.42. The van der Waals surface area contributed by atoms with Gasteiger partial charge in [-0.25, -0.2) is 14.2 Å². The number of nitrogens with zero attached hydrogens (tertiary/aromatic N) is 6. The van der Waals surface area contributed by atoms with E-state index in [0.29, 0.717) is 46.3 Å². The molecule has 316 valence electrons. The Bertz CT molecular complexity index is 2820. The van der Waals surface area contributed by atoms with Crippen molar-refractivity contribution in [3.8, 4) is 17.0 Å². The molecule has 1 unspecified atom stereocenters. The first kappa shape index (κ1) is 39.2. The van der Waals surface area contributed by atoms with Crippen molar-refractivity contribution in [2.45, 2.75) is 44.7 Å². The van der Waals surface area contributed by atoms with Crippen LogP contribution in [0.2, 0.25) is 0 Å². The molecule has 4 aliphatic rings. The van der Waals surface area contributed by atoms with Crippen LogP contribution in [0.25, 0.3) is 43.3 Å². The number of carbonyl (C=O) groups excluding carboxylic acids is 3. The molecule has 2 atom stereocenters. The maximum atomic E-state index is 16.1. The number of pyridine rings is 1. The number of carbonyl (C=O) groups is 3. The molecular weight excluding hydrogens is 798 g/mol. The van der Waals surface area contributed by atoms with E-state index in [4.69, 9.17) is 9.72 Å². The Labute approximate surface area is 355 Å². The lowest BCUT2D eigenvalue weighted by molar-refractivity contribution is -0.135. The first-order valence-corrected chi connectivity index (χ1v) is 21.9. The van der Waals surface area contributed by atoms with E-state index in [1.807, 2.05) is 49.4 Å². The van der Waals surface area contributed by atoms with Crippen molar-refractivity contribution in [1.82, 2.24) is 29.7 Å². The molecule has 14 nitrogen and oxygen atoms in total. The van der Waals surface area contributed by atoms with Gasteiger partial charge in [-0.2, -0.15) is 0 Å². The number of imide groups is 1. The Morgan fingerprint density at radius 1 is 0.902 bits per heavy atom. The molecule has 0 bridgehead atoms. The van der Waals surface area contributed by atoms with E-state index in [-0.39, 0.29) is 35.8 Å². The lowest BCUT2D eigenvalue weighted by atomic mass is 9.95. The lowest BCUT2D eigenvalue weighted by Gasteiger charge is -2.40. The molecule has 0 radical (unpaired) electrons. The van der Waals surface area contributed by atoms with Crippen molar-refractivity contribution in [1.29, 1.82) is 0 Å². The van der Waals surface area contributed by atoms with Gasteiger partial charge in [0.2, 0.25) is 11.8 Å². The lowest BCUT2D eigenvalue weighted by Crippen LogP contribution is -2.49. The number of fused-ring (bicyclic) bond motifs is 6. The molecule has 10 rings (SSSR count). The number of hydrogen-bond donors (Lipinski definition) is 3. The van der Waals surface area contributed by atoms with Crippen molar-refractivity contribution in [3.05, 3.63) is 75.8 Å². The Balaban J connectivity index is 0.780. The molecule has 3 saturated heterocycles. The van der Waals surface area contributed by atoms with E-state index >= 15 is 4.39 Å². The summed E-state index contributed by atoms with van der Waals surface area (Å²) >= 11 is 1.46. The molecular formula is C45H48FN9O5S. The predicted octanol–water partition coefficient (Wildman–Crippen LogP) is 5.48. The third-order valence-corrected chi connectivity index (χ3v) is 14.2. The number of piperidine rings is 2. The molecule has 3 fully saturated rings. The summed E-state index contributed by atoms with van der Waals surface area (Å²) in [5.74, 6) is -0.0185. The molecule has 4 aliphatic heterocycles. The number of amides is 3. The number of ether oxygens (including phenoxy) is 1. The zero-order chi connectivity index (χ0) is 42.1. The SMILES string of the molecule is COc1cc(-c2ccc3c(ccc4sc5c(c43)NC[C@@H](C)NC5=O)n2)c(F)cc1N1CCN(CC2CCN(c3ccc4c(c3)n(C)c(=O)n4C3CCC(=O)NC3=O)CC2)CC1. The van der Waals surface area contributed by atoms with Gasteiger partial charge in [-0.15, -0.1) is 11.3 Å². The molecule has 61 heavy (non-hydrogen) atoms. The average Bonchev–Trinajstić information content (AvgIpc) is 3.72.